The molecule has 4 nitrogen and oxygen atoms in total. The van der Waals surface area contributed by atoms with Crippen LogP contribution in [0.4, 0.5) is 0 Å². The van der Waals surface area contributed by atoms with Crippen LogP contribution in [0.25, 0.3) is 0 Å². The van der Waals surface area contributed by atoms with Crippen LogP contribution in [0.1, 0.15) is 16.7 Å². The lowest BCUT2D eigenvalue weighted by molar-refractivity contribution is 0.392. The van der Waals surface area contributed by atoms with Gasteiger partial charge in [-0.2, -0.15) is 10.5 Å². The highest BCUT2D eigenvalue weighted by Crippen LogP contribution is 2.31. The van der Waals surface area contributed by atoms with Crippen molar-refractivity contribution in [1.29, 1.82) is 10.5 Å². The summed E-state index contributed by atoms with van der Waals surface area (Å²) in [5, 5.41) is 17.9. The molecular weight excluding hydrogens is 192 g/mol. The third-order valence-corrected chi connectivity index (χ3v) is 2.17. The lowest BCUT2D eigenvalue weighted by Gasteiger charge is -2.10. The van der Waals surface area contributed by atoms with E-state index >= 15 is 0 Å². The zero-order chi connectivity index (χ0) is 11.4. The highest BCUT2D eigenvalue weighted by molar-refractivity contribution is 5.61. The summed E-state index contributed by atoms with van der Waals surface area (Å²) in [4.78, 5) is 0. The Morgan fingerprint density at radius 2 is 1.40 bits per heavy atom. The second-order valence-electron chi connectivity index (χ2n) is 2.88. The SMILES string of the molecule is COc1cc(OC)c(C#N)c(C)c1C#N. The number of rotatable bonds is 2. The molecule has 1 rings (SSSR count). The van der Waals surface area contributed by atoms with Crippen molar-refractivity contribution in [3.8, 4) is 23.6 Å². The van der Waals surface area contributed by atoms with E-state index in [0.717, 1.165) is 0 Å². The topological polar surface area (TPSA) is 66.0 Å². The summed E-state index contributed by atoms with van der Waals surface area (Å²) in [6.07, 6.45) is 0. The molecule has 76 valence electrons. The molecule has 0 N–H and O–H groups in total. The maximum atomic E-state index is 8.93. The fraction of sp³-hybridized carbons (Fsp3) is 0.273. The normalized spacial score (nSPS) is 8.87. The van der Waals surface area contributed by atoms with E-state index in [0.29, 0.717) is 28.2 Å². The highest BCUT2D eigenvalue weighted by atomic mass is 16.5. The van der Waals surface area contributed by atoms with Crippen LogP contribution in [-0.4, -0.2) is 14.2 Å². The van der Waals surface area contributed by atoms with Crippen LogP contribution in [-0.2, 0) is 0 Å². The van der Waals surface area contributed by atoms with E-state index < -0.39 is 0 Å². The Balaban J connectivity index is 3.59. The first-order chi connectivity index (χ1) is 7.19. The van der Waals surface area contributed by atoms with E-state index in [-0.39, 0.29) is 0 Å². The van der Waals surface area contributed by atoms with Gasteiger partial charge in [-0.15, -0.1) is 0 Å². The van der Waals surface area contributed by atoms with Crippen LogP contribution in [0.3, 0.4) is 0 Å². The lowest BCUT2D eigenvalue weighted by Crippen LogP contribution is -1.98. The summed E-state index contributed by atoms with van der Waals surface area (Å²) < 4.78 is 10.1. The predicted molar refractivity (Wildman–Crippen MR) is 53.7 cm³/mol. The fourth-order valence-electron chi connectivity index (χ4n) is 1.36. The van der Waals surface area contributed by atoms with Crippen molar-refractivity contribution in [2.45, 2.75) is 6.92 Å². The van der Waals surface area contributed by atoms with Gasteiger partial charge in [0, 0.05) is 6.07 Å². The first-order valence-corrected chi connectivity index (χ1v) is 4.25. The molecule has 0 saturated heterocycles. The van der Waals surface area contributed by atoms with E-state index in [1.54, 1.807) is 13.0 Å². The molecule has 1 aromatic carbocycles. The van der Waals surface area contributed by atoms with Gasteiger partial charge in [-0.1, -0.05) is 0 Å². The molecule has 0 aliphatic rings. The first-order valence-electron chi connectivity index (χ1n) is 4.25. The molecule has 0 radical (unpaired) electrons. The van der Waals surface area contributed by atoms with Crippen LogP contribution < -0.4 is 9.47 Å². The van der Waals surface area contributed by atoms with Gasteiger partial charge in [0.15, 0.2) is 0 Å². The zero-order valence-corrected chi connectivity index (χ0v) is 8.79. The molecule has 0 saturated carbocycles. The summed E-state index contributed by atoms with van der Waals surface area (Å²) in [6, 6.07) is 5.56. The number of nitrogens with zero attached hydrogens (tertiary/aromatic N) is 2. The van der Waals surface area contributed by atoms with Gasteiger partial charge in [-0.3, -0.25) is 0 Å². The summed E-state index contributed by atoms with van der Waals surface area (Å²) >= 11 is 0. The first kappa shape index (κ1) is 10.9. The Labute approximate surface area is 88.3 Å². The third kappa shape index (κ3) is 1.70. The van der Waals surface area contributed by atoms with Crippen LogP contribution in [0.2, 0.25) is 0 Å². The zero-order valence-electron chi connectivity index (χ0n) is 8.79. The second kappa shape index (κ2) is 4.34. The number of ether oxygens (including phenoxy) is 2. The van der Waals surface area contributed by atoms with Crippen molar-refractivity contribution in [2.24, 2.45) is 0 Å². The number of hydrogen-bond donors (Lipinski definition) is 0. The molecule has 0 spiro atoms. The van der Waals surface area contributed by atoms with Crippen molar-refractivity contribution < 1.29 is 9.47 Å². The molecule has 0 aromatic heterocycles. The van der Waals surface area contributed by atoms with E-state index in [1.165, 1.54) is 14.2 Å². The molecule has 1 aromatic rings. The van der Waals surface area contributed by atoms with Crippen molar-refractivity contribution in [3.63, 3.8) is 0 Å². The lowest BCUT2D eigenvalue weighted by atomic mass is 10.0. The van der Waals surface area contributed by atoms with Gasteiger partial charge in [0.1, 0.15) is 23.6 Å². The molecular formula is C11H10N2O2. The van der Waals surface area contributed by atoms with Gasteiger partial charge in [-0.05, 0) is 12.5 Å². The minimum absolute atomic E-state index is 0.370. The van der Waals surface area contributed by atoms with Gasteiger partial charge < -0.3 is 9.47 Å². The van der Waals surface area contributed by atoms with Crippen molar-refractivity contribution in [2.75, 3.05) is 14.2 Å². The van der Waals surface area contributed by atoms with E-state index in [9.17, 15) is 0 Å². The molecule has 0 unspecified atom stereocenters. The second-order valence-corrected chi connectivity index (χ2v) is 2.88. The average molecular weight is 202 g/mol. The Kier molecular flexibility index (Phi) is 3.15. The molecule has 15 heavy (non-hydrogen) atoms. The summed E-state index contributed by atoms with van der Waals surface area (Å²) in [6.45, 7) is 1.70. The number of methoxy groups -OCH3 is 2. The van der Waals surface area contributed by atoms with Crippen molar-refractivity contribution in [3.05, 3.63) is 22.8 Å². The molecule has 0 amide bonds. The van der Waals surface area contributed by atoms with E-state index in [1.807, 2.05) is 12.1 Å². The summed E-state index contributed by atoms with van der Waals surface area (Å²) in [5.41, 5.74) is 1.32. The van der Waals surface area contributed by atoms with Crippen molar-refractivity contribution >= 4 is 0 Å². The fourth-order valence-corrected chi connectivity index (χ4v) is 1.36. The molecule has 0 atom stereocenters. The van der Waals surface area contributed by atoms with Crippen LogP contribution in [0.5, 0.6) is 11.5 Å². The number of benzene rings is 1. The predicted octanol–water partition coefficient (Wildman–Crippen LogP) is 1.76. The van der Waals surface area contributed by atoms with Crippen LogP contribution >= 0.6 is 0 Å². The van der Waals surface area contributed by atoms with Crippen molar-refractivity contribution in [1.82, 2.24) is 0 Å². The summed E-state index contributed by atoms with van der Waals surface area (Å²) in [7, 11) is 2.95. The smallest absolute Gasteiger partial charge is 0.140 e. The van der Waals surface area contributed by atoms with Crippen LogP contribution in [0, 0.1) is 29.6 Å². The minimum Gasteiger partial charge on any atom is -0.495 e. The molecule has 0 heterocycles. The maximum Gasteiger partial charge on any atom is 0.140 e. The van der Waals surface area contributed by atoms with E-state index in [4.69, 9.17) is 20.0 Å². The number of nitriles is 2. The molecule has 0 bridgehead atoms. The Morgan fingerprint density at radius 3 is 1.67 bits per heavy atom. The quantitative estimate of drug-likeness (QED) is 0.732. The van der Waals surface area contributed by atoms with Gasteiger partial charge in [-0.25, -0.2) is 0 Å². The minimum atomic E-state index is 0.370. The Hall–Kier alpha value is -2.20. The maximum absolute atomic E-state index is 8.93. The molecule has 0 aliphatic heterocycles. The summed E-state index contributed by atoms with van der Waals surface area (Å²) in [5.74, 6) is 0.844. The molecule has 4 heteroatoms. The monoisotopic (exact) mass is 202 g/mol. The van der Waals surface area contributed by atoms with E-state index in [2.05, 4.69) is 0 Å². The highest BCUT2D eigenvalue weighted by Gasteiger charge is 2.15. The average Bonchev–Trinajstić information content (AvgIpc) is 2.27. The van der Waals surface area contributed by atoms with Gasteiger partial charge in [0.2, 0.25) is 0 Å². The molecule has 0 fully saturated rings. The molecule has 0 aliphatic carbocycles. The number of hydrogen-bond acceptors (Lipinski definition) is 4. The Bertz CT molecular complexity index is 427. The largest absolute Gasteiger partial charge is 0.495 e. The third-order valence-electron chi connectivity index (χ3n) is 2.17. The van der Waals surface area contributed by atoms with Gasteiger partial charge in [0.05, 0.1) is 25.3 Å². The Morgan fingerprint density at radius 1 is 1.00 bits per heavy atom. The van der Waals surface area contributed by atoms with Crippen LogP contribution in [0.15, 0.2) is 6.07 Å². The van der Waals surface area contributed by atoms with Gasteiger partial charge >= 0.3 is 0 Å². The van der Waals surface area contributed by atoms with Gasteiger partial charge in [0.25, 0.3) is 0 Å². The standard InChI is InChI=1S/C11H10N2O2/c1-7-8(5-12)10(14-2)4-11(15-3)9(7)6-13/h4H,1-3H3.